The van der Waals surface area contributed by atoms with Crippen LogP contribution in [0.4, 0.5) is 0 Å². The lowest BCUT2D eigenvalue weighted by Gasteiger charge is -2.27. The summed E-state index contributed by atoms with van der Waals surface area (Å²) in [5, 5.41) is 46.3. The van der Waals surface area contributed by atoms with E-state index in [4.69, 9.17) is 28.7 Å². The molecule has 380 valence electrons. The van der Waals surface area contributed by atoms with Crippen molar-refractivity contribution in [3.63, 3.8) is 0 Å². The number of primary amides is 1. The SMILES string of the molecule is NCCCC[C@H](NC(=O)[C@H](CS)NC(=O)[C@H](CS)NC(=O)[C@H](CS)NC(=O)[C@H](CS)NC(=O)[C@@H](N)CC(N)=O)C(=O)N[C@@H](CCCN=C(N)N)C(=O)N[C@@H](CC(=O)O)C(=O)N[C@@H](CO)C(=O)O. The molecule has 0 spiro atoms. The van der Waals surface area contributed by atoms with Gasteiger partial charge in [0.05, 0.1) is 25.5 Å². The van der Waals surface area contributed by atoms with Crippen LogP contribution in [0.1, 0.15) is 44.9 Å². The van der Waals surface area contributed by atoms with Gasteiger partial charge in [-0.1, -0.05) is 0 Å². The molecule has 0 saturated heterocycles. The molecule has 0 aliphatic rings. The van der Waals surface area contributed by atoms with Gasteiger partial charge in [-0.2, -0.15) is 50.5 Å². The first-order chi connectivity index (χ1) is 31.5. The molecule has 9 atom stereocenters. The highest BCUT2D eigenvalue weighted by molar-refractivity contribution is 7.80. The molecular formula is C35H62N14O14S4. The van der Waals surface area contributed by atoms with Gasteiger partial charge < -0.3 is 86.5 Å². The molecule has 67 heavy (non-hydrogen) atoms. The first kappa shape index (κ1) is 61.7. The summed E-state index contributed by atoms with van der Waals surface area (Å²) >= 11 is 16.4. The van der Waals surface area contributed by atoms with Crippen LogP contribution in [-0.4, -0.2) is 183 Å². The fourth-order valence-electron chi connectivity index (χ4n) is 5.37. The predicted molar refractivity (Wildman–Crippen MR) is 252 cm³/mol. The standard InChI is InChI=1S/C35H62N14O14S4/c36-6-2-1-4-16(27(55)42-17(5-3-7-41-35(39)40)28(56)44-18(9-25(52)53)29(57)45-19(10-50)34(62)63)43-30(58)21(12-65)47-32(60)23(14-67)49-33(61)22(13-66)48-31(59)20(11-64)46-26(54)15(37)8-24(38)51/h15-23,50,64-67H,1-14,36-37H2,(H2,38,51)(H,42,55)(H,43,58)(H,44,56)(H,45,57)(H,46,54)(H,47,60)(H,48,59)(H,49,61)(H,52,53)(H,62,63)(H4,39,40,41)/t15-,16-,17-,18-,19-,20-,21-,22-,23-/m0/s1. The minimum atomic E-state index is -1.89. The van der Waals surface area contributed by atoms with E-state index in [0.717, 1.165) is 0 Å². The molecule has 0 radical (unpaired) electrons. The zero-order chi connectivity index (χ0) is 51.4. The summed E-state index contributed by atoms with van der Waals surface area (Å²) < 4.78 is 0. The second-order valence-electron chi connectivity index (χ2n) is 14.3. The van der Waals surface area contributed by atoms with Crippen LogP contribution in [0.25, 0.3) is 0 Å². The van der Waals surface area contributed by atoms with E-state index in [1.54, 1.807) is 0 Å². The number of carboxylic acid groups (broad SMARTS) is 2. The number of aliphatic hydroxyl groups excluding tert-OH is 1. The normalized spacial score (nSPS) is 14.9. The van der Waals surface area contributed by atoms with Gasteiger partial charge in [0.1, 0.15) is 48.3 Å². The van der Waals surface area contributed by atoms with Crippen LogP contribution >= 0.6 is 50.5 Å². The summed E-state index contributed by atoms with van der Waals surface area (Å²) in [6.45, 7) is -0.935. The van der Waals surface area contributed by atoms with E-state index in [-0.39, 0.29) is 67.7 Å². The van der Waals surface area contributed by atoms with Crippen LogP contribution in [0.5, 0.6) is 0 Å². The molecule has 28 nitrogen and oxygen atoms in total. The lowest BCUT2D eigenvalue weighted by Crippen LogP contribution is -2.61. The van der Waals surface area contributed by atoms with Crippen LogP contribution in [-0.2, 0) is 52.7 Å². The number of carboxylic acids is 2. The molecule has 0 aromatic carbocycles. The quantitative estimate of drug-likeness (QED) is 0.0123. The Bertz CT molecular complexity index is 1770. The van der Waals surface area contributed by atoms with Gasteiger partial charge in [-0.25, -0.2) is 4.79 Å². The highest BCUT2D eigenvalue weighted by Crippen LogP contribution is 2.08. The van der Waals surface area contributed by atoms with Crippen molar-refractivity contribution in [2.24, 2.45) is 33.7 Å². The molecule has 32 heteroatoms. The molecule has 0 heterocycles. The van der Waals surface area contributed by atoms with E-state index in [1.165, 1.54) is 0 Å². The predicted octanol–water partition coefficient (Wildman–Crippen LogP) is -8.48. The van der Waals surface area contributed by atoms with Gasteiger partial charge in [0.15, 0.2) is 5.96 Å². The second kappa shape index (κ2) is 33.2. The van der Waals surface area contributed by atoms with Gasteiger partial charge >= 0.3 is 11.9 Å². The van der Waals surface area contributed by atoms with Crippen molar-refractivity contribution < 1.29 is 68.1 Å². The summed E-state index contributed by atoms with van der Waals surface area (Å²) in [5.41, 5.74) is 27.0. The third kappa shape index (κ3) is 24.4. The van der Waals surface area contributed by atoms with Crippen LogP contribution in [0.15, 0.2) is 4.99 Å². The summed E-state index contributed by atoms with van der Waals surface area (Å²) in [5.74, 6) is -13.7. The van der Waals surface area contributed by atoms with Crippen molar-refractivity contribution in [2.45, 2.75) is 99.3 Å². The molecule has 0 saturated carbocycles. The second-order valence-corrected chi connectivity index (χ2v) is 15.8. The van der Waals surface area contributed by atoms with Crippen molar-refractivity contribution >= 4 is 122 Å². The zero-order valence-corrected chi connectivity index (χ0v) is 39.6. The number of rotatable bonds is 34. The summed E-state index contributed by atoms with van der Waals surface area (Å²) in [4.78, 5) is 144. The smallest absolute Gasteiger partial charge is 0.328 e. The molecule has 0 bridgehead atoms. The number of guanidine groups is 1. The number of aliphatic imine (C=N–C) groups is 1. The van der Waals surface area contributed by atoms with E-state index in [9.17, 15) is 68.1 Å². The molecular weight excluding hydrogens is 969 g/mol. The third-order valence-electron chi connectivity index (χ3n) is 8.99. The van der Waals surface area contributed by atoms with Gasteiger partial charge in [0, 0.05) is 29.6 Å². The van der Waals surface area contributed by atoms with Crippen molar-refractivity contribution in [2.75, 3.05) is 42.7 Å². The molecule has 0 unspecified atom stereocenters. The number of nitrogens with one attached hydrogen (secondary N) is 8. The molecule has 0 aliphatic carbocycles. The largest absolute Gasteiger partial charge is 0.481 e. The van der Waals surface area contributed by atoms with Crippen LogP contribution in [0.2, 0.25) is 0 Å². The fraction of sp³-hybridized carbons (Fsp3) is 0.657. The molecule has 0 rings (SSSR count). The molecule has 0 aromatic rings. The van der Waals surface area contributed by atoms with Crippen LogP contribution < -0.4 is 71.2 Å². The number of aliphatic hydroxyl groups is 1. The summed E-state index contributed by atoms with van der Waals surface area (Å²) in [7, 11) is 0. The Morgan fingerprint density at radius 1 is 0.478 bits per heavy atom. The van der Waals surface area contributed by atoms with Crippen molar-refractivity contribution in [1.82, 2.24) is 42.5 Å². The first-order valence-electron chi connectivity index (χ1n) is 20.2. The number of nitrogens with zero attached hydrogens (tertiary/aromatic N) is 1. The Hall–Kier alpha value is -5.28. The average Bonchev–Trinajstić information content (AvgIpc) is 3.26. The number of nitrogens with two attached hydrogens (primary N) is 5. The molecule has 0 aromatic heterocycles. The molecule has 21 N–H and O–H groups in total. The maximum atomic E-state index is 13.8. The number of hydrogen-bond donors (Lipinski definition) is 20. The Kier molecular flexibility index (Phi) is 30.6. The Morgan fingerprint density at radius 2 is 0.821 bits per heavy atom. The first-order valence-corrected chi connectivity index (χ1v) is 22.7. The number of unbranched alkanes of at least 4 members (excludes halogenated alkanes) is 1. The van der Waals surface area contributed by atoms with Crippen molar-refractivity contribution in [3.8, 4) is 0 Å². The van der Waals surface area contributed by atoms with Gasteiger partial charge in [-0.15, -0.1) is 0 Å². The minimum Gasteiger partial charge on any atom is -0.481 e. The van der Waals surface area contributed by atoms with Crippen molar-refractivity contribution in [1.29, 1.82) is 0 Å². The van der Waals surface area contributed by atoms with Gasteiger partial charge in [0.25, 0.3) is 0 Å². The Morgan fingerprint density at radius 3 is 1.16 bits per heavy atom. The summed E-state index contributed by atoms with van der Waals surface area (Å²) in [6, 6.07) is -13.7. The van der Waals surface area contributed by atoms with E-state index >= 15 is 0 Å². The number of hydrogen-bond acceptors (Lipinski definition) is 19. The van der Waals surface area contributed by atoms with Crippen molar-refractivity contribution in [3.05, 3.63) is 0 Å². The number of aliphatic carboxylic acids is 2. The fourth-order valence-corrected chi connectivity index (χ4v) is 6.40. The van der Waals surface area contributed by atoms with E-state index < -0.39 is 139 Å². The van der Waals surface area contributed by atoms with Gasteiger partial charge in [-0.3, -0.25) is 52.9 Å². The highest BCUT2D eigenvalue weighted by atomic mass is 32.1. The molecule has 9 amide bonds. The Labute approximate surface area is 406 Å². The number of carbonyl (C=O) groups is 11. The maximum absolute atomic E-state index is 13.8. The van der Waals surface area contributed by atoms with Gasteiger partial charge in [0.2, 0.25) is 53.2 Å². The van der Waals surface area contributed by atoms with E-state index in [0.29, 0.717) is 6.42 Å². The maximum Gasteiger partial charge on any atom is 0.328 e. The topological polar surface area (TPSA) is 487 Å². The minimum absolute atomic E-state index is 0.0306. The van der Waals surface area contributed by atoms with E-state index in [1.807, 2.05) is 5.32 Å². The van der Waals surface area contributed by atoms with Crippen LogP contribution in [0, 0.1) is 0 Å². The Balaban J connectivity index is 6.24. The van der Waals surface area contributed by atoms with E-state index in [2.05, 4.69) is 92.7 Å². The highest BCUT2D eigenvalue weighted by Gasteiger charge is 2.35. The third-order valence-corrected chi connectivity index (χ3v) is 10.4. The average molecular weight is 1030 g/mol. The lowest BCUT2D eigenvalue weighted by molar-refractivity contribution is -0.144. The number of carbonyl (C=O) groups excluding carboxylic acids is 9. The number of thiol groups is 4. The summed E-state index contributed by atoms with van der Waals surface area (Å²) in [6.07, 6.45) is -1.19. The van der Waals surface area contributed by atoms with Gasteiger partial charge in [-0.05, 0) is 38.6 Å². The molecule has 0 fully saturated rings. The zero-order valence-electron chi connectivity index (χ0n) is 36.1. The number of amides is 9. The lowest BCUT2D eigenvalue weighted by atomic mass is 10.0. The van der Waals surface area contributed by atoms with Crippen LogP contribution in [0.3, 0.4) is 0 Å². The molecule has 0 aliphatic heterocycles. The monoisotopic (exact) mass is 1030 g/mol.